The zero-order chi connectivity index (χ0) is 22.9. The molecule has 1 aromatic heterocycles. The number of halogens is 3. The number of carbonyl (C=O) groups is 2. The van der Waals surface area contributed by atoms with Gasteiger partial charge in [0.15, 0.2) is 5.16 Å². The Hall–Kier alpha value is -3.34. The Labute approximate surface area is 185 Å². The highest BCUT2D eigenvalue weighted by molar-refractivity contribution is 7.99. The fourth-order valence-electron chi connectivity index (χ4n) is 3.51. The van der Waals surface area contributed by atoms with Gasteiger partial charge in [0.2, 0.25) is 11.8 Å². The quantitative estimate of drug-likeness (QED) is 0.595. The van der Waals surface area contributed by atoms with Crippen LogP contribution < -0.4 is 10.2 Å². The fourth-order valence-corrected chi connectivity index (χ4v) is 4.29. The predicted molar refractivity (Wildman–Crippen MR) is 114 cm³/mol. The predicted octanol–water partition coefficient (Wildman–Crippen LogP) is 3.97. The second-order valence-electron chi connectivity index (χ2n) is 7.15. The number of fused-ring (bicyclic) bond motifs is 1. The summed E-state index contributed by atoms with van der Waals surface area (Å²) in [7, 11) is 0. The second kappa shape index (κ2) is 8.65. The molecular formula is C21H18F3N5O2S. The van der Waals surface area contributed by atoms with Gasteiger partial charge in [-0.2, -0.15) is 13.2 Å². The van der Waals surface area contributed by atoms with Gasteiger partial charge in [0.1, 0.15) is 12.4 Å². The van der Waals surface area contributed by atoms with E-state index in [2.05, 4.69) is 15.5 Å². The molecule has 11 heteroatoms. The minimum atomic E-state index is -4.78. The zero-order valence-electron chi connectivity index (χ0n) is 16.8. The molecular weight excluding hydrogens is 443 g/mol. The van der Waals surface area contributed by atoms with E-state index in [1.807, 2.05) is 31.2 Å². The van der Waals surface area contributed by atoms with Crippen molar-refractivity contribution in [3.05, 3.63) is 60.4 Å². The van der Waals surface area contributed by atoms with E-state index in [1.165, 1.54) is 24.5 Å². The molecule has 1 atom stereocenters. The van der Waals surface area contributed by atoms with Gasteiger partial charge in [-0.25, -0.2) is 0 Å². The molecule has 1 aliphatic rings. The molecule has 1 unspecified atom stereocenters. The van der Waals surface area contributed by atoms with Gasteiger partial charge in [0, 0.05) is 0 Å². The number of anilines is 2. The summed E-state index contributed by atoms with van der Waals surface area (Å²) in [5, 5.41) is 10.7. The van der Waals surface area contributed by atoms with E-state index in [1.54, 1.807) is 10.6 Å². The number of hydrogen-bond acceptors (Lipinski definition) is 5. The Balaban J connectivity index is 1.63. The maximum atomic E-state index is 13.8. The summed E-state index contributed by atoms with van der Waals surface area (Å²) in [6, 6.07) is 11.2. The van der Waals surface area contributed by atoms with Crippen molar-refractivity contribution in [3.63, 3.8) is 0 Å². The van der Waals surface area contributed by atoms with E-state index >= 15 is 0 Å². The number of aryl methyl sites for hydroxylation is 1. The van der Waals surface area contributed by atoms with Crippen molar-refractivity contribution in [2.24, 2.45) is 0 Å². The number of para-hydroxylation sites is 3. The number of aromatic nitrogens is 3. The lowest BCUT2D eigenvalue weighted by Gasteiger charge is -2.31. The zero-order valence-corrected chi connectivity index (χ0v) is 17.7. The number of nitrogens with zero attached hydrogens (tertiary/aromatic N) is 4. The molecule has 0 saturated carbocycles. The summed E-state index contributed by atoms with van der Waals surface area (Å²) in [6.45, 7) is 1.90. The first-order chi connectivity index (χ1) is 15.3. The molecule has 32 heavy (non-hydrogen) atoms. The van der Waals surface area contributed by atoms with Crippen molar-refractivity contribution in [3.8, 4) is 5.69 Å². The molecule has 7 nitrogen and oxygen atoms in total. The molecule has 0 spiro atoms. The van der Waals surface area contributed by atoms with Gasteiger partial charge in [-0.3, -0.25) is 19.1 Å². The molecule has 166 valence electrons. The van der Waals surface area contributed by atoms with Gasteiger partial charge in [0.05, 0.1) is 29.2 Å². The van der Waals surface area contributed by atoms with Crippen LogP contribution >= 0.6 is 11.8 Å². The number of nitrogens with one attached hydrogen (secondary N) is 1. The molecule has 4 rings (SSSR count). The van der Waals surface area contributed by atoms with Crippen LogP contribution in [0.25, 0.3) is 5.69 Å². The molecule has 0 fully saturated rings. The molecule has 3 aromatic rings. The first-order valence-electron chi connectivity index (χ1n) is 9.62. The first kappa shape index (κ1) is 21.9. The summed E-state index contributed by atoms with van der Waals surface area (Å²) >= 11 is 0.979. The van der Waals surface area contributed by atoms with Crippen LogP contribution in [0.4, 0.5) is 24.5 Å². The van der Waals surface area contributed by atoms with E-state index in [4.69, 9.17) is 0 Å². The van der Waals surface area contributed by atoms with Crippen molar-refractivity contribution >= 4 is 35.0 Å². The lowest BCUT2D eigenvalue weighted by molar-refractivity contribution is -0.157. The Bertz CT molecular complexity index is 1160. The van der Waals surface area contributed by atoms with Crippen molar-refractivity contribution in [2.45, 2.75) is 30.7 Å². The number of hydrogen-bond donors (Lipinski definition) is 1. The Morgan fingerprint density at radius 3 is 2.56 bits per heavy atom. The van der Waals surface area contributed by atoms with Crippen molar-refractivity contribution < 1.29 is 22.8 Å². The molecule has 0 aliphatic carbocycles. The van der Waals surface area contributed by atoms with E-state index in [0.717, 1.165) is 23.0 Å². The van der Waals surface area contributed by atoms with E-state index < -0.39 is 30.5 Å². The Morgan fingerprint density at radius 1 is 1.16 bits per heavy atom. The lowest BCUT2D eigenvalue weighted by atomic mass is 10.1. The molecule has 2 amide bonds. The lowest BCUT2D eigenvalue weighted by Crippen LogP contribution is -2.50. The van der Waals surface area contributed by atoms with Crippen LogP contribution in [0.1, 0.15) is 12.0 Å². The average Bonchev–Trinajstić information content (AvgIpc) is 3.14. The third kappa shape index (κ3) is 4.33. The summed E-state index contributed by atoms with van der Waals surface area (Å²) in [6.07, 6.45) is -4.18. The average molecular weight is 461 g/mol. The van der Waals surface area contributed by atoms with Crippen molar-refractivity contribution in [1.82, 2.24) is 14.8 Å². The van der Waals surface area contributed by atoms with Gasteiger partial charge < -0.3 is 5.32 Å². The van der Waals surface area contributed by atoms with E-state index in [-0.39, 0.29) is 17.1 Å². The first-order valence-corrected chi connectivity index (χ1v) is 10.6. The van der Waals surface area contributed by atoms with Crippen LogP contribution in [0, 0.1) is 6.92 Å². The molecule has 2 heterocycles. The molecule has 2 aromatic carbocycles. The summed E-state index contributed by atoms with van der Waals surface area (Å²) < 4.78 is 43.2. The number of benzene rings is 2. The monoisotopic (exact) mass is 461 g/mol. The summed E-state index contributed by atoms with van der Waals surface area (Å²) in [5.74, 6) is -1.91. The van der Waals surface area contributed by atoms with Crippen LogP contribution in [0.2, 0.25) is 0 Å². The SMILES string of the molecule is Cc1ccccc1-n1cnnc1SCC(=O)N1c2ccccc2NC(=O)CC1C(F)(F)F. The maximum absolute atomic E-state index is 13.8. The smallest absolute Gasteiger partial charge is 0.324 e. The van der Waals surface area contributed by atoms with Crippen molar-refractivity contribution in [1.29, 1.82) is 0 Å². The van der Waals surface area contributed by atoms with Crippen LogP contribution in [0.3, 0.4) is 0 Å². The van der Waals surface area contributed by atoms with Gasteiger partial charge in [-0.05, 0) is 30.7 Å². The standard InChI is InChI=1S/C21H18F3N5O2S/c1-13-6-2-4-8-15(13)28-12-25-27-20(28)32-11-19(31)29-16-9-5-3-7-14(16)26-18(30)10-17(29)21(22,23)24/h2-9,12,17H,10-11H2,1H3,(H,26,30). The number of amides is 2. The fraction of sp³-hybridized carbons (Fsp3) is 0.238. The van der Waals surface area contributed by atoms with Gasteiger partial charge in [0.25, 0.3) is 0 Å². The third-order valence-electron chi connectivity index (χ3n) is 4.99. The molecule has 1 aliphatic heterocycles. The molecule has 0 saturated heterocycles. The largest absolute Gasteiger partial charge is 0.409 e. The van der Waals surface area contributed by atoms with Crippen LogP contribution in [-0.4, -0.2) is 44.5 Å². The molecule has 1 N–H and O–H groups in total. The van der Waals surface area contributed by atoms with E-state index in [9.17, 15) is 22.8 Å². The number of alkyl halides is 3. The minimum Gasteiger partial charge on any atom is -0.324 e. The highest BCUT2D eigenvalue weighted by atomic mass is 32.2. The Morgan fingerprint density at radius 2 is 1.84 bits per heavy atom. The summed E-state index contributed by atoms with van der Waals surface area (Å²) in [5.41, 5.74) is 1.91. The molecule has 0 bridgehead atoms. The highest BCUT2D eigenvalue weighted by Crippen LogP contribution is 2.38. The number of carbonyl (C=O) groups excluding carboxylic acids is 2. The topological polar surface area (TPSA) is 80.1 Å². The third-order valence-corrected chi connectivity index (χ3v) is 5.92. The highest BCUT2D eigenvalue weighted by Gasteiger charge is 2.48. The molecule has 0 radical (unpaired) electrons. The second-order valence-corrected chi connectivity index (χ2v) is 8.09. The van der Waals surface area contributed by atoms with Gasteiger partial charge >= 0.3 is 6.18 Å². The van der Waals surface area contributed by atoms with Gasteiger partial charge in [-0.15, -0.1) is 10.2 Å². The summed E-state index contributed by atoms with van der Waals surface area (Å²) in [4.78, 5) is 25.8. The van der Waals surface area contributed by atoms with Gasteiger partial charge in [-0.1, -0.05) is 42.1 Å². The van der Waals surface area contributed by atoms with Crippen LogP contribution in [0.15, 0.2) is 60.0 Å². The number of thioether (sulfide) groups is 1. The minimum absolute atomic E-state index is 0.00615. The van der Waals surface area contributed by atoms with Crippen molar-refractivity contribution in [2.75, 3.05) is 16.0 Å². The maximum Gasteiger partial charge on any atom is 0.409 e. The Kier molecular flexibility index (Phi) is 5.92. The normalized spacial score (nSPS) is 16.3. The van der Waals surface area contributed by atoms with Crippen LogP contribution in [-0.2, 0) is 9.59 Å². The van der Waals surface area contributed by atoms with E-state index in [0.29, 0.717) is 10.1 Å². The van der Waals surface area contributed by atoms with Crippen LogP contribution in [0.5, 0.6) is 0 Å². The number of rotatable bonds is 4.